The smallest absolute Gasteiger partial charge is 0.402 e. The molecule has 7 heteroatoms. The molecule has 0 unspecified atom stereocenters. The monoisotopic (exact) mass is 298 g/mol. The number of ether oxygens (including phenoxy) is 1. The van der Waals surface area contributed by atoms with Crippen LogP contribution < -0.4 is 0 Å². The van der Waals surface area contributed by atoms with Gasteiger partial charge in [0.05, 0.1) is 6.07 Å². The Morgan fingerprint density at radius 1 is 1.18 bits per heavy atom. The zero-order valence-corrected chi connectivity index (χ0v) is 11.5. The Bertz CT molecular complexity index is 815. The Kier molecular flexibility index (Phi) is 3.30. The molecular weight excluding hydrogens is 288 g/mol. The summed E-state index contributed by atoms with van der Waals surface area (Å²) in [6.45, 7) is 1.95. The Balaban J connectivity index is 1.90. The lowest BCUT2D eigenvalue weighted by atomic mass is 10.1. The number of nitro groups is 1. The summed E-state index contributed by atoms with van der Waals surface area (Å²) < 4.78 is 10.1. The normalized spacial score (nSPS) is 15.8. The SMILES string of the molecule is Cc1ccc(C2=N/C(=C/c3ccc([N+](=O)[O-])o3)C(=O)O2)cc1. The minimum absolute atomic E-state index is 0.0276. The number of aryl methyl sites for hydroxylation is 1. The lowest BCUT2D eigenvalue weighted by Crippen LogP contribution is -2.05. The number of carbonyl (C=O) groups is 1. The summed E-state index contributed by atoms with van der Waals surface area (Å²) in [6, 6.07) is 9.94. The zero-order chi connectivity index (χ0) is 15.7. The van der Waals surface area contributed by atoms with Gasteiger partial charge < -0.3 is 9.15 Å². The molecule has 7 nitrogen and oxygen atoms in total. The predicted molar refractivity (Wildman–Crippen MR) is 77.1 cm³/mol. The number of rotatable bonds is 3. The van der Waals surface area contributed by atoms with Crippen molar-refractivity contribution in [3.8, 4) is 0 Å². The molecular formula is C15H10N2O5. The van der Waals surface area contributed by atoms with Crippen molar-refractivity contribution < 1.29 is 18.9 Å². The van der Waals surface area contributed by atoms with Gasteiger partial charge in [-0.2, -0.15) is 0 Å². The fourth-order valence-electron chi connectivity index (χ4n) is 1.88. The van der Waals surface area contributed by atoms with E-state index in [-0.39, 0.29) is 17.4 Å². The Morgan fingerprint density at radius 3 is 2.55 bits per heavy atom. The van der Waals surface area contributed by atoms with Crippen molar-refractivity contribution in [1.82, 2.24) is 0 Å². The first-order valence-electron chi connectivity index (χ1n) is 6.37. The molecule has 1 aromatic heterocycles. The summed E-state index contributed by atoms with van der Waals surface area (Å²) in [7, 11) is 0. The fraction of sp³-hybridized carbons (Fsp3) is 0.0667. The first-order chi connectivity index (χ1) is 10.5. The van der Waals surface area contributed by atoms with E-state index in [0.29, 0.717) is 5.56 Å². The van der Waals surface area contributed by atoms with E-state index in [1.54, 1.807) is 12.1 Å². The van der Waals surface area contributed by atoms with E-state index in [1.165, 1.54) is 18.2 Å². The molecule has 0 aliphatic carbocycles. The predicted octanol–water partition coefficient (Wildman–Crippen LogP) is 2.84. The molecule has 0 bridgehead atoms. The van der Waals surface area contributed by atoms with Crippen LogP contribution in [0.15, 0.2) is 51.5 Å². The van der Waals surface area contributed by atoms with Crippen LogP contribution in [-0.4, -0.2) is 16.8 Å². The second-order valence-corrected chi connectivity index (χ2v) is 4.64. The number of carbonyl (C=O) groups excluding carboxylic acids is 1. The van der Waals surface area contributed by atoms with Gasteiger partial charge in [-0.15, -0.1) is 0 Å². The fourth-order valence-corrected chi connectivity index (χ4v) is 1.88. The standard InChI is InChI=1S/C15H10N2O5/c1-9-2-4-10(5-3-9)14-16-12(15(18)22-14)8-11-6-7-13(21-11)17(19)20/h2-8H,1H3/b12-8+. The van der Waals surface area contributed by atoms with Crippen LogP contribution in [0.25, 0.3) is 6.08 Å². The van der Waals surface area contributed by atoms with Gasteiger partial charge in [0, 0.05) is 11.6 Å². The van der Waals surface area contributed by atoms with Gasteiger partial charge in [-0.3, -0.25) is 10.1 Å². The van der Waals surface area contributed by atoms with Gasteiger partial charge >= 0.3 is 11.9 Å². The molecule has 1 aromatic carbocycles. The van der Waals surface area contributed by atoms with Crippen molar-refractivity contribution in [2.75, 3.05) is 0 Å². The van der Waals surface area contributed by atoms with E-state index in [1.807, 2.05) is 19.1 Å². The van der Waals surface area contributed by atoms with Crippen LogP contribution in [0.1, 0.15) is 16.9 Å². The maximum atomic E-state index is 11.8. The second kappa shape index (κ2) is 5.28. The zero-order valence-electron chi connectivity index (χ0n) is 11.5. The highest BCUT2D eigenvalue weighted by Crippen LogP contribution is 2.22. The van der Waals surface area contributed by atoms with Gasteiger partial charge in [0.1, 0.15) is 10.7 Å². The van der Waals surface area contributed by atoms with Gasteiger partial charge in [-0.25, -0.2) is 9.79 Å². The maximum absolute atomic E-state index is 11.8. The topological polar surface area (TPSA) is 94.9 Å². The van der Waals surface area contributed by atoms with Crippen LogP contribution in [0.2, 0.25) is 0 Å². The quantitative estimate of drug-likeness (QED) is 0.376. The molecule has 0 amide bonds. The second-order valence-electron chi connectivity index (χ2n) is 4.64. The molecule has 0 atom stereocenters. The number of cyclic esters (lactones) is 1. The number of nitrogens with zero attached hydrogens (tertiary/aromatic N) is 2. The number of benzene rings is 1. The number of hydrogen-bond donors (Lipinski definition) is 0. The molecule has 110 valence electrons. The minimum Gasteiger partial charge on any atom is -0.402 e. The van der Waals surface area contributed by atoms with E-state index >= 15 is 0 Å². The summed E-state index contributed by atoms with van der Waals surface area (Å²) in [6.07, 6.45) is 1.30. The lowest BCUT2D eigenvalue weighted by Gasteiger charge is -1.99. The number of esters is 1. The summed E-state index contributed by atoms with van der Waals surface area (Å²) >= 11 is 0. The number of aliphatic imine (C=N–C) groups is 1. The van der Waals surface area contributed by atoms with E-state index in [0.717, 1.165) is 5.56 Å². The van der Waals surface area contributed by atoms with Crippen molar-refractivity contribution in [2.24, 2.45) is 4.99 Å². The molecule has 0 spiro atoms. The van der Waals surface area contributed by atoms with Crippen LogP contribution in [0.5, 0.6) is 0 Å². The number of furan rings is 1. The van der Waals surface area contributed by atoms with Crippen molar-refractivity contribution in [3.63, 3.8) is 0 Å². The molecule has 22 heavy (non-hydrogen) atoms. The van der Waals surface area contributed by atoms with Crippen LogP contribution in [0, 0.1) is 17.0 Å². The molecule has 3 rings (SSSR count). The number of hydrogen-bond acceptors (Lipinski definition) is 6. The molecule has 2 heterocycles. The van der Waals surface area contributed by atoms with Crippen LogP contribution in [-0.2, 0) is 9.53 Å². The molecule has 0 fully saturated rings. The highest BCUT2D eigenvalue weighted by molar-refractivity contribution is 6.12. The van der Waals surface area contributed by atoms with E-state index in [9.17, 15) is 14.9 Å². The van der Waals surface area contributed by atoms with E-state index in [2.05, 4.69) is 4.99 Å². The Hall–Kier alpha value is -3.22. The molecule has 0 N–H and O–H groups in total. The van der Waals surface area contributed by atoms with Crippen LogP contribution in [0.3, 0.4) is 0 Å². The van der Waals surface area contributed by atoms with Gasteiger partial charge in [-0.05, 0) is 25.1 Å². The average Bonchev–Trinajstić information content (AvgIpc) is 3.08. The molecule has 1 aliphatic rings. The third-order valence-electron chi connectivity index (χ3n) is 2.99. The molecule has 0 radical (unpaired) electrons. The largest absolute Gasteiger partial charge is 0.433 e. The minimum atomic E-state index is -0.657. The first kappa shape index (κ1) is 13.7. The third-order valence-corrected chi connectivity index (χ3v) is 2.99. The van der Waals surface area contributed by atoms with Gasteiger partial charge in [0.25, 0.3) is 0 Å². The van der Waals surface area contributed by atoms with Crippen molar-refractivity contribution in [2.45, 2.75) is 6.92 Å². The summed E-state index contributed by atoms with van der Waals surface area (Å²) in [5, 5.41) is 10.6. The molecule has 0 saturated carbocycles. The molecule has 0 saturated heterocycles. The lowest BCUT2D eigenvalue weighted by molar-refractivity contribution is -0.402. The molecule has 2 aromatic rings. The Labute approximate surface area is 124 Å². The average molecular weight is 298 g/mol. The summed E-state index contributed by atoms with van der Waals surface area (Å²) in [5.74, 6) is -0.680. The van der Waals surface area contributed by atoms with Crippen molar-refractivity contribution >= 4 is 23.8 Å². The highest BCUT2D eigenvalue weighted by Gasteiger charge is 2.25. The molecule has 1 aliphatic heterocycles. The summed E-state index contributed by atoms with van der Waals surface area (Å²) in [5.41, 5.74) is 1.78. The first-order valence-corrected chi connectivity index (χ1v) is 6.37. The van der Waals surface area contributed by atoms with Crippen molar-refractivity contribution in [3.05, 3.63) is 69.1 Å². The third kappa shape index (κ3) is 2.64. The van der Waals surface area contributed by atoms with Crippen LogP contribution in [0.4, 0.5) is 5.88 Å². The van der Waals surface area contributed by atoms with E-state index in [4.69, 9.17) is 9.15 Å². The summed E-state index contributed by atoms with van der Waals surface area (Å²) in [4.78, 5) is 25.8. The van der Waals surface area contributed by atoms with Gasteiger partial charge in [0.2, 0.25) is 5.90 Å². The van der Waals surface area contributed by atoms with Gasteiger partial charge in [-0.1, -0.05) is 17.7 Å². The van der Waals surface area contributed by atoms with Crippen molar-refractivity contribution in [1.29, 1.82) is 0 Å². The Morgan fingerprint density at radius 2 is 1.91 bits per heavy atom. The maximum Gasteiger partial charge on any atom is 0.433 e. The van der Waals surface area contributed by atoms with E-state index < -0.39 is 16.8 Å². The van der Waals surface area contributed by atoms with Gasteiger partial charge in [0.15, 0.2) is 5.70 Å². The van der Waals surface area contributed by atoms with Crippen LogP contribution >= 0.6 is 0 Å². The highest BCUT2D eigenvalue weighted by atomic mass is 16.6.